The molecule has 1 aliphatic heterocycles. The number of hydrogen-bond acceptors (Lipinski definition) is 2. The van der Waals surface area contributed by atoms with Gasteiger partial charge < -0.3 is 5.32 Å². The maximum atomic E-state index is 6.08. The summed E-state index contributed by atoms with van der Waals surface area (Å²) in [5, 5.41) is 4.47. The molecule has 1 fully saturated rings. The van der Waals surface area contributed by atoms with Crippen LogP contribution in [0.5, 0.6) is 0 Å². The molecule has 1 saturated heterocycles. The Labute approximate surface area is 150 Å². The normalized spacial score (nSPS) is 16.4. The van der Waals surface area contributed by atoms with Crippen molar-refractivity contribution >= 4 is 11.6 Å². The van der Waals surface area contributed by atoms with Crippen LogP contribution in [0.25, 0.3) is 0 Å². The molecule has 3 rings (SSSR count). The summed E-state index contributed by atoms with van der Waals surface area (Å²) < 4.78 is 0. The van der Waals surface area contributed by atoms with Crippen molar-refractivity contribution in [3.05, 3.63) is 70.2 Å². The molecule has 3 heteroatoms. The summed E-state index contributed by atoms with van der Waals surface area (Å²) in [6, 6.07) is 17.0. The van der Waals surface area contributed by atoms with Crippen LogP contribution in [-0.4, -0.2) is 24.5 Å². The van der Waals surface area contributed by atoms with Crippen molar-refractivity contribution < 1.29 is 0 Å². The van der Waals surface area contributed by atoms with Crippen LogP contribution < -0.4 is 5.32 Å². The molecule has 1 heterocycles. The van der Waals surface area contributed by atoms with Crippen molar-refractivity contribution in [2.75, 3.05) is 19.6 Å². The average Bonchev–Trinajstić information content (AvgIpc) is 2.57. The van der Waals surface area contributed by atoms with E-state index in [4.69, 9.17) is 11.6 Å². The first kappa shape index (κ1) is 17.5. The van der Waals surface area contributed by atoms with Crippen molar-refractivity contribution in [3.63, 3.8) is 0 Å². The fraction of sp³-hybridized carbons (Fsp3) is 0.429. The van der Waals surface area contributed by atoms with Crippen molar-refractivity contribution in [2.24, 2.45) is 5.92 Å². The summed E-state index contributed by atoms with van der Waals surface area (Å²) in [6.07, 6.45) is 2.56. The van der Waals surface area contributed by atoms with Gasteiger partial charge in [-0.3, -0.25) is 4.90 Å². The Hall–Kier alpha value is -1.35. The summed E-state index contributed by atoms with van der Waals surface area (Å²) >= 11 is 6.08. The molecule has 0 spiro atoms. The van der Waals surface area contributed by atoms with Crippen molar-refractivity contribution in [1.29, 1.82) is 0 Å². The summed E-state index contributed by atoms with van der Waals surface area (Å²) in [5.41, 5.74) is 4.04. The zero-order valence-corrected chi connectivity index (χ0v) is 15.2. The zero-order valence-electron chi connectivity index (χ0n) is 14.5. The van der Waals surface area contributed by atoms with Gasteiger partial charge in [0, 0.05) is 18.1 Å². The third-order valence-corrected chi connectivity index (χ3v) is 5.08. The molecule has 0 aliphatic carbocycles. The van der Waals surface area contributed by atoms with E-state index in [2.05, 4.69) is 53.5 Å². The van der Waals surface area contributed by atoms with E-state index in [1.165, 1.54) is 42.6 Å². The lowest BCUT2D eigenvalue weighted by Gasteiger charge is -2.32. The molecule has 0 radical (unpaired) electrons. The first-order chi connectivity index (χ1) is 11.7. The molecule has 0 aromatic heterocycles. The quantitative estimate of drug-likeness (QED) is 0.822. The minimum Gasteiger partial charge on any atom is -0.312 e. The second-order valence-electron chi connectivity index (χ2n) is 6.97. The molecule has 2 aromatic carbocycles. The summed E-state index contributed by atoms with van der Waals surface area (Å²) in [4.78, 5) is 2.54. The Morgan fingerprint density at radius 1 is 1.04 bits per heavy atom. The van der Waals surface area contributed by atoms with Gasteiger partial charge in [0.25, 0.3) is 0 Å². The number of halogens is 1. The molecule has 24 heavy (non-hydrogen) atoms. The Bertz CT molecular complexity index is 648. The molecular weight excluding hydrogens is 316 g/mol. The van der Waals surface area contributed by atoms with Gasteiger partial charge in [-0.25, -0.2) is 0 Å². The summed E-state index contributed by atoms with van der Waals surface area (Å²) in [6.45, 7) is 7.64. The third kappa shape index (κ3) is 5.34. The highest BCUT2D eigenvalue weighted by Crippen LogP contribution is 2.20. The van der Waals surface area contributed by atoms with Gasteiger partial charge in [0.2, 0.25) is 0 Å². The molecule has 2 aromatic rings. The number of hydrogen-bond donors (Lipinski definition) is 1. The number of rotatable bonds is 6. The Balaban J connectivity index is 1.37. The molecule has 0 atom stereocenters. The highest BCUT2D eigenvalue weighted by atomic mass is 35.5. The number of nitrogens with zero attached hydrogens (tertiary/aromatic N) is 1. The first-order valence-corrected chi connectivity index (χ1v) is 9.30. The van der Waals surface area contributed by atoms with Crippen molar-refractivity contribution in [2.45, 2.75) is 32.9 Å². The van der Waals surface area contributed by atoms with Crippen molar-refractivity contribution in [1.82, 2.24) is 10.2 Å². The van der Waals surface area contributed by atoms with E-state index < -0.39 is 0 Å². The van der Waals surface area contributed by atoms with Gasteiger partial charge in [0.1, 0.15) is 0 Å². The fourth-order valence-electron chi connectivity index (χ4n) is 3.48. The molecule has 0 amide bonds. The van der Waals surface area contributed by atoms with Gasteiger partial charge in [-0.15, -0.1) is 0 Å². The second-order valence-corrected chi connectivity index (χ2v) is 7.41. The monoisotopic (exact) mass is 342 g/mol. The first-order valence-electron chi connectivity index (χ1n) is 8.92. The van der Waals surface area contributed by atoms with Crippen LogP contribution in [0.3, 0.4) is 0 Å². The largest absolute Gasteiger partial charge is 0.312 e. The maximum Gasteiger partial charge on any atom is 0.0409 e. The van der Waals surface area contributed by atoms with Crippen LogP contribution in [0.1, 0.15) is 29.5 Å². The van der Waals surface area contributed by atoms with E-state index >= 15 is 0 Å². The summed E-state index contributed by atoms with van der Waals surface area (Å²) in [5.74, 6) is 0.797. The van der Waals surface area contributed by atoms with Gasteiger partial charge in [-0.1, -0.05) is 53.6 Å². The smallest absolute Gasteiger partial charge is 0.0409 e. The van der Waals surface area contributed by atoms with E-state index in [1.54, 1.807) is 0 Å². The van der Waals surface area contributed by atoms with Gasteiger partial charge >= 0.3 is 0 Å². The van der Waals surface area contributed by atoms with E-state index in [1.807, 2.05) is 12.1 Å². The minimum absolute atomic E-state index is 0.797. The van der Waals surface area contributed by atoms with Crippen LogP contribution in [-0.2, 0) is 13.1 Å². The van der Waals surface area contributed by atoms with Crippen LogP contribution in [0.2, 0.25) is 5.02 Å². The third-order valence-electron chi connectivity index (χ3n) is 4.85. The van der Waals surface area contributed by atoms with Gasteiger partial charge in [-0.2, -0.15) is 0 Å². The molecule has 128 valence electrons. The fourth-order valence-corrected chi connectivity index (χ4v) is 3.70. The highest BCUT2D eigenvalue weighted by Gasteiger charge is 2.18. The Kier molecular flexibility index (Phi) is 6.30. The van der Waals surface area contributed by atoms with Crippen LogP contribution >= 0.6 is 11.6 Å². The topological polar surface area (TPSA) is 15.3 Å². The lowest BCUT2D eigenvalue weighted by atomic mass is 9.96. The van der Waals surface area contributed by atoms with Crippen LogP contribution in [0.4, 0.5) is 0 Å². The number of piperidine rings is 1. The Morgan fingerprint density at radius 2 is 1.79 bits per heavy atom. The number of aryl methyl sites for hydroxylation is 1. The number of likely N-dealkylation sites (tertiary alicyclic amines) is 1. The molecule has 0 unspecified atom stereocenters. The highest BCUT2D eigenvalue weighted by molar-refractivity contribution is 6.30. The van der Waals surface area contributed by atoms with Crippen molar-refractivity contribution in [3.8, 4) is 0 Å². The number of benzene rings is 2. The van der Waals surface area contributed by atoms with E-state index in [-0.39, 0.29) is 0 Å². The standard InChI is InChI=1S/C21H27ClN2/c1-17-4-2-5-19(12-17)15-23-14-18-8-10-24(11-9-18)16-20-6-3-7-21(22)13-20/h2-7,12-13,18,23H,8-11,14-16H2,1H3. The maximum absolute atomic E-state index is 6.08. The van der Waals surface area contributed by atoms with Crippen LogP contribution in [0, 0.1) is 12.8 Å². The average molecular weight is 343 g/mol. The summed E-state index contributed by atoms with van der Waals surface area (Å²) in [7, 11) is 0. The van der Waals surface area contributed by atoms with E-state index in [0.717, 1.165) is 30.6 Å². The molecule has 2 nitrogen and oxygen atoms in total. The van der Waals surface area contributed by atoms with Crippen LogP contribution in [0.15, 0.2) is 48.5 Å². The van der Waals surface area contributed by atoms with E-state index in [9.17, 15) is 0 Å². The van der Waals surface area contributed by atoms with E-state index in [0.29, 0.717) is 0 Å². The Morgan fingerprint density at radius 3 is 2.54 bits per heavy atom. The molecule has 0 saturated carbocycles. The molecule has 0 bridgehead atoms. The predicted octanol–water partition coefficient (Wildman–Crippen LogP) is 4.65. The van der Waals surface area contributed by atoms with Gasteiger partial charge in [0.15, 0.2) is 0 Å². The second kappa shape index (κ2) is 8.66. The lowest BCUT2D eigenvalue weighted by Crippen LogP contribution is -2.36. The number of nitrogens with one attached hydrogen (secondary N) is 1. The zero-order chi connectivity index (χ0) is 16.8. The van der Waals surface area contributed by atoms with Gasteiger partial charge in [-0.05, 0) is 68.6 Å². The molecule has 1 N–H and O–H groups in total. The molecular formula is C21H27ClN2. The molecule has 1 aliphatic rings. The SMILES string of the molecule is Cc1cccc(CNCC2CCN(Cc3cccc(Cl)c3)CC2)c1. The predicted molar refractivity (Wildman–Crippen MR) is 102 cm³/mol. The van der Waals surface area contributed by atoms with Gasteiger partial charge in [0.05, 0.1) is 0 Å². The lowest BCUT2D eigenvalue weighted by molar-refractivity contribution is 0.175. The minimum atomic E-state index is 0.797.